The van der Waals surface area contributed by atoms with Gasteiger partial charge in [0.15, 0.2) is 0 Å². The van der Waals surface area contributed by atoms with Crippen molar-refractivity contribution in [3.05, 3.63) is 35.9 Å². The molecule has 1 aromatic rings. The first-order valence-corrected chi connectivity index (χ1v) is 8.79. The number of benzene rings is 1. The number of nitrogens with one attached hydrogen (secondary N) is 2. The van der Waals surface area contributed by atoms with Crippen LogP contribution in [0.4, 0.5) is 18.0 Å². The molecule has 9 heteroatoms. The van der Waals surface area contributed by atoms with E-state index in [1.54, 1.807) is 0 Å². The molecule has 1 saturated heterocycles. The van der Waals surface area contributed by atoms with Crippen LogP contribution in [0, 0.1) is 0 Å². The molecular formula is C18H25F3N4O2. The van der Waals surface area contributed by atoms with Gasteiger partial charge in [-0.1, -0.05) is 30.3 Å². The van der Waals surface area contributed by atoms with E-state index in [1.165, 1.54) is 4.90 Å². The van der Waals surface area contributed by atoms with Gasteiger partial charge in [-0.05, 0) is 32.5 Å². The maximum atomic E-state index is 12.5. The van der Waals surface area contributed by atoms with Crippen molar-refractivity contribution < 1.29 is 22.8 Å². The summed E-state index contributed by atoms with van der Waals surface area (Å²) in [4.78, 5) is 27.8. The molecule has 2 unspecified atom stereocenters. The van der Waals surface area contributed by atoms with Crippen molar-refractivity contribution >= 4 is 11.9 Å². The van der Waals surface area contributed by atoms with E-state index < -0.39 is 30.7 Å². The third-order valence-electron chi connectivity index (χ3n) is 4.53. The molecule has 1 aliphatic rings. The fourth-order valence-electron chi connectivity index (χ4n) is 3.15. The summed E-state index contributed by atoms with van der Waals surface area (Å²) in [6.45, 7) is -0.731. The predicted octanol–water partition coefficient (Wildman–Crippen LogP) is 2.14. The summed E-state index contributed by atoms with van der Waals surface area (Å²) in [5.41, 5.74) is 1.03. The van der Waals surface area contributed by atoms with Crippen molar-refractivity contribution in [3.63, 3.8) is 0 Å². The fraction of sp³-hybridized carbons (Fsp3) is 0.556. The van der Waals surface area contributed by atoms with Crippen LogP contribution in [0.25, 0.3) is 0 Å². The lowest BCUT2D eigenvalue weighted by molar-refractivity contribution is -0.140. The molecule has 2 atom stereocenters. The quantitative estimate of drug-likeness (QED) is 0.787. The Hall–Kier alpha value is -2.29. The van der Waals surface area contributed by atoms with Crippen LogP contribution in [0.3, 0.4) is 0 Å². The highest BCUT2D eigenvalue weighted by Crippen LogP contribution is 2.20. The Balaban J connectivity index is 1.94. The minimum absolute atomic E-state index is 0.0599. The number of carbonyl (C=O) groups is 2. The molecule has 1 heterocycles. The third-order valence-corrected chi connectivity index (χ3v) is 4.53. The summed E-state index contributed by atoms with van der Waals surface area (Å²) in [7, 11) is 3.79. The highest BCUT2D eigenvalue weighted by molar-refractivity contribution is 5.87. The van der Waals surface area contributed by atoms with E-state index >= 15 is 0 Å². The van der Waals surface area contributed by atoms with Gasteiger partial charge in [-0.2, -0.15) is 13.2 Å². The molecule has 150 valence electrons. The molecule has 0 radical (unpaired) electrons. The highest BCUT2D eigenvalue weighted by atomic mass is 19.4. The number of carbonyl (C=O) groups excluding carboxylic acids is 2. The fourth-order valence-corrected chi connectivity index (χ4v) is 3.15. The van der Waals surface area contributed by atoms with Crippen molar-refractivity contribution in [2.24, 2.45) is 0 Å². The number of amides is 3. The molecule has 1 aliphatic heterocycles. The summed E-state index contributed by atoms with van der Waals surface area (Å²) in [6.07, 6.45) is -3.55. The second-order valence-corrected chi connectivity index (χ2v) is 6.76. The first-order chi connectivity index (χ1) is 12.7. The summed E-state index contributed by atoms with van der Waals surface area (Å²) >= 11 is 0. The molecule has 6 nitrogen and oxygen atoms in total. The van der Waals surface area contributed by atoms with E-state index in [-0.39, 0.29) is 6.04 Å². The Morgan fingerprint density at radius 1 is 1.22 bits per heavy atom. The van der Waals surface area contributed by atoms with Gasteiger partial charge in [-0.25, -0.2) is 4.79 Å². The van der Waals surface area contributed by atoms with Crippen molar-refractivity contribution in [2.75, 3.05) is 33.7 Å². The molecule has 0 aliphatic carbocycles. The average Bonchev–Trinajstić information content (AvgIpc) is 3.09. The standard InChI is InChI=1S/C18H25F3N4O2/c1-24(2)15(13-7-4-3-5-8-13)11-22-17(27)25-10-6-9-14(25)16(26)23-12-18(19,20)21/h3-5,7-8,14-15H,6,9-12H2,1-2H3,(H,22,27)(H,23,26). The normalized spacial score (nSPS) is 18.4. The van der Waals surface area contributed by atoms with Crippen molar-refractivity contribution in [1.29, 1.82) is 0 Å². The zero-order chi connectivity index (χ0) is 20.0. The lowest BCUT2D eigenvalue weighted by Crippen LogP contribution is -2.51. The van der Waals surface area contributed by atoms with Crippen molar-refractivity contribution in [1.82, 2.24) is 20.4 Å². The number of urea groups is 1. The van der Waals surface area contributed by atoms with Crippen LogP contribution in [0.5, 0.6) is 0 Å². The van der Waals surface area contributed by atoms with Gasteiger partial charge in [0.25, 0.3) is 0 Å². The summed E-state index contributed by atoms with van der Waals surface area (Å²) in [5.74, 6) is -0.771. The molecule has 0 spiro atoms. The minimum atomic E-state index is -4.48. The number of hydrogen-bond donors (Lipinski definition) is 2. The lowest BCUT2D eigenvalue weighted by atomic mass is 10.1. The van der Waals surface area contributed by atoms with Gasteiger partial charge in [-0.15, -0.1) is 0 Å². The van der Waals surface area contributed by atoms with E-state index in [0.29, 0.717) is 25.9 Å². The van der Waals surface area contributed by atoms with Crippen LogP contribution < -0.4 is 10.6 Å². The average molecular weight is 386 g/mol. The SMILES string of the molecule is CN(C)C(CNC(=O)N1CCCC1C(=O)NCC(F)(F)F)c1ccccc1. The number of halogens is 3. The number of likely N-dealkylation sites (tertiary alicyclic amines) is 1. The summed E-state index contributed by atoms with van der Waals surface area (Å²) in [5, 5.41) is 4.67. The number of nitrogens with zero attached hydrogens (tertiary/aromatic N) is 2. The minimum Gasteiger partial charge on any atom is -0.345 e. The monoisotopic (exact) mass is 386 g/mol. The second-order valence-electron chi connectivity index (χ2n) is 6.76. The molecular weight excluding hydrogens is 361 g/mol. The Labute approximate surface area is 156 Å². The second kappa shape index (κ2) is 9.07. The number of likely N-dealkylation sites (N-methyl/N-ethyl adjacent to an activating group) is 1. The Kier molecular flexibility index (Phi) is 7.06. The van der Waals surface area contributed by atoms with Gasteiger partial charge >= 0.3 is 12.2 Å². The molecule has 1 fully saturated rings. The van der Waals surface area contributed by atoms with Crippen LogP contribution in [-0.4, -0.2) is 67.7 Å². The molecule has 27 heavy (non-hydrogen) atoms. The molecule has 0 aromatic heterocycles. The van der Waals surface area contributed by atoms with Crippen molar-refractivity contribution in [3.8, 4) is 0 Å². The van der Waals surface area contributed by atoms with E-state index in [9.17, 15) is 22.8 Å². The van der Waals surface area contributed by atoms with E-state index in [0.717, 1.165) is 5.56 Å². The van der Waals surface area contributed by atoms with Gasteiger partial charge in [0.1, 0.15) is 12.6 Å². The van der Waals surface area contributed by atoms with Crippen LogP contribution >= 0.6 is 0 Å². The zero-order valence-electron chi connectivity index (χ0n) is 15.4. The van der Waals surface area contributed by atoms with Gasteiger partial charge in [0.05, 0.1) is 6.04 Å². The van der Waals surface area contributed by atoms with Gasteiger partial charge in [0.2, 0.25) is 5.91 Å². The third kappa shape index (κ3) is 6.13. The van der Waals surface area contributed by atoms with E-state index in [1.807, 2.05) is 54.6 Å². The predicted molar refractivity (Wildman–Crippen MR) is 95.1 cm³/mol. The topological polar surface area (TPSA) is 64.7 Å². The number of hydrogen-bond acceptors (Lipinski definition) is 3. The van der Waals surface area contributed by atoms with Crippen molar-refractivity contribution in [2.45, 2.75) is 31.1 Å². The maximum Gasteiger partial charge on any atom is 0.405 e. The smallest absolute Gasteiger partial charge is 0.345 e. The molecule has 0 bridgehead atoms. The summed E-state index contributed by atoms with van der Waals surface area (Å²) < 4.78 is 36.9. The largest absolute Gasteiger partial charge is 0.405 e. The van der Waals surface area contributed by atoms with E-state index in [4.69, 9.17) is 0 Å². The van der Waals surface area contributed by atoms with Crippen LogP contribution in [0.2, 0.25) is 0 Å². The van der Waals surface area contributed by atoms with Gasteiger partial charge < -0.3 is 20.4 Å². The van der Waals surface area contributed by atoms with Gasteiger partial charge in [0, 0.05) is 13.1 Å². The molecule has 2 rings (SSSR count). The molecule has 1 aromatic carbocycles. The highest BCUT2D eigenvalue weighted by Gasteiger charge is 2.36. The Morgan fingerprint density at radius 2 is 1.89 bits per heavy atom. The lowest BCUT2D eigenvalue weighted by Gasteiger charge is -2.28. The first kappa shape index (κ1) is 21.0. The van der Waals surface area contributed by atoms with Gasteiger partial charge in [-0.3, -0.25) is 4.79 Å². The number of rotatable bonds is 6. The maximum absolute atomic E-state index is 12.5. The Bertz CT molecular complexity index is 637. The van der Waals surface area contributed by atoms with E-state index in [2.05, 4.69) is 5.32 Å². The first-order valence-electron chi connectivity index (χ1n) is 8.79. The van der Waals surface area contributed by atoms with Crippen LogP contribution in [0.1, 0.15) is 24.4 Å². The molecule has 0 saturated carbocycles. The zero-order valence-corrected chi connectivity index (χ0v) is 15.4. The summed E-state index contributed by atoms with van der Waals surface area (Å²) in [6, 6.07) is 8.27. The molecule has 2 N–H and O–H groups in total. The molecule has 3 amide bonds. The van der Waals surface area contributed by atoms with Crippen LogP contribution in [-0.2, 0) is 4.79 Å². The Morgan fingerprint density at radius 3 is 2.48 bits per heavy atom. The number of alkyl halides is 3. The van der Waals surface area contributed by atoms with Crippen LogP contribution in [0.15, 0.2) is 30.3 Å².